The summed E-state index contributed by atoms with van der Waals surface area (Å²) < 4.78 is 0. The van der Waals surface area contributed by atoms with Crippen LogP contribution in [0.3, 0.4) is 0 Å². The number of aromatic nitrogens is 2. The smallest absolute Gasteiger partial charge is 0.231 e. The number of hydrogen-bond donors (Lipinski definition) is 3. The van der Waals surface area contributed by atoms with Gasteiger partial charge in [0.25, 0.3) is 0 Å². The van der Waals surface area contributed by atoms with Crippen molar-refractivity contribution in [3.8, 4) is 5.75 Å². The third-order valence-corrected chi connectivity index (χ3v) is 3.56. The number of aromatic hydroxyl groups is 1. The summed E-state index contributed by atoms with van der Waals surface area (Å²) in [7, 11) is 0. The van der Waals surface area contributed by atoms with Crippen molar-refractivity contribution in [1.82, 2.24) is 10.2 Å². The molecule has 1 amide bonds. The highest BCUT2D eigenvalue weighted by Gasteiger charge is 2.22. The van der Waals surface area contributed by atoms with Crippen LogP contribution in [0.1, 0.15) is 29.8 Å². The maximum absolute atomic E-state index is 12.3. The van der Waals surface area contributed by atoms with Gasteiger partial charge in [-0.3, -0.25) is 9.89 Å². The summed E-state index contributed by atoms with van der Waals surface area (Å²) in [6.45, 7) is 5.51. The van der Waals surface area contributed by atoms with Gasteiger partial charge in [0.15, 0.2) is 5.75 Å². The normalized spacial score (nSPS) is 12.2. The molecule has 0 saturated heterocycles. The minimum Gasteiger partial charge on any atom is -0.504 e. The first-order valence-corrected chi connectivity index (χ1v) is 6.59. The maximum Gasteiger partial charge on any atom is 0.231 e. The summed E-state index contributed by atoms with van der Waals surface area (Å²) in [6, 6.07) is 4.82. The van der Waals surface area contributed by atoms with Crippen LogP contribution < -0.4 is 5.32 Å². The fourth-order valence-electron chi connectivity index (χ4n) is 2.19. The van der Waals surface area contributed by atoms with Gasteiger partial charge in [-0.2, -0.15) is 5.10 Å². The largest absolute Gasteiger partial charge is 0.504 e. The SMILES string of the molecule is Cc1n[nH]c(C)c1[C@H](C)C(=O)Nc1cccc(Cl)c1O. The lowest BCUT2D eigenvalue weighted by atomic mass is 9.98. The molecule has 1 atom stereocenters. The second-order valence-corrected chi connectivity index (χ2v) is 5.10. The van der Waals surface area contributed by atoms with E-state index in [1.807, 2.05) is 13.8 Å². The number of carbonyl (C=O) groups excluding carboxylic acids is 1. The molecule has 3 N–H and O–H groups in total. The molecule has 1 aromatic heterocycles. The lowest BCUT2D eigenvalue weighted by Crippen LogP contribution is -2.19. The number of para-hydroxylation sites is 1. The molecule has 6 heteroatoms. The lowest BCUT2D eigenvalue weighted by Gasteiger charge is -2.14. The zero-order valence-corrected chi connectivity index (χ0v) is 12.2. The number of amides is 1. The predicted molar refractivity (Wildman–Crippen MR) is 78.2 cm³/mol. The summed E-state index contributed by atoms with van der Waals surface area (Å²) in [5, 5.41) is 19.6. The fraction of sp³-hybridized carbons (Fsp3) is 0.286. The first-order chi connectivity index (χ1) is 9.41. The molecule has 2 aromatic rings. The molecule has 0 aliphatic rings. The number of rotatable bonds is 3. The van der Waals surface area contributed by atoms with E-state index in [1.165, 1.54) is 0 Å². The van der Waals surface area contributed by atoms with E-state index in [0.717, 1.165) is 17.0 Å². The molecule has 1 aromatic carbocycles. The van der Waals surface area contributed by atoms with Crippen molar-refractivity contribution in [3.05, 3.63) is 40.2 Å². The van der Waals surface area contributed by atoms with Crippen LogP contribution in [0.2, 0.25) is 5.02 Å². The van der Waals surface area contributed by atoms with Crippen molar-refractivity contribution in [2.24, 2.45) is 0 Å². The van der Waals surface area contributed by atoms with Gasteiger partial charge in [-0.15, -0.1) is 0 Å². The van der Waals surface area contributed by atoms with Crippen LogP contribution >= 0.6 is 11.6 Å². The number of carbonyl (C=O) groups is 1. The first kappa shape index (κ1) is 14.4. The number of halogens is 1. The fourth-order valence-corrected chi connectivity index (χ4v) is 2.36. The van der Waals surface area contributed by atoms with Gasteiger partial charge in [0.05, 0.1) is 22.3 Å². The van der Waals surface area contributed by atoms with E-state index in [9.17, 15) is 9.90 Å². The number of nitrogens with zero attached hydrogens (tertiary/aromatic N) is 1. The molecule has 5 nitrogen and oxygen atoms in total. The molecule has 0 radical (unpaired) electrons. The number of benzene rings is 1. The molecule has 20 heavy (non-hydrogen) atoms. The minimum absolute atomic E-state index is 0.129. The molecule has 106 valence electrons. The number of nitrogens with one attached hydrogen (secondary N) is 2. The molecule has 0 fully saturated rings. The van der Waals surface area contributed by atoms with E-state index in [0.29, 0.717) is 5.69 Å². The zero-order chi connectivity index (χ0) is 14.9. The number of aryl methyl sites for hydroxylation is 2. The van der Waals surface area contributed by atoms with E-state index in [1.54, 1.807) is 25.1 Å². The summed E-state index contributed by atoms with van der Waals surface area (Å²) in [4.78, 5) is 12.3. The number of phenolic OH excluding ortho intramolecular Hbond substituents is 1. The average molecular weight is 294 g/mol. The van der Waals surface area contributed by atoms with Crippen LogP contribution in [0.5, 0.6) is 5.75 Å². The van der Waals surface area contributed by atoms with Crippen molar-refractivity contribution >= 4 is 23.2 Å². The average Bonchev–Trinajstić information content (AvgIpc) is 2.73. The Hall–Kier alpha value is -2.01. The van der Waals surface area contributed by atoms with E-state index in [2.05, 4.69) is 15.5 Å². The van der Waals surface area contributed by atoms with Crippen molar-refractivity contribution in [3.63, 3.8) is 0 Å². The van der Waals surface area contributed by atoms with Crippen LogP contribution in [0, 0.1) is 13.8 Å². The molecular weight excluding hydrogens is 278 g/mol. The van der Waals surface area contributed by atoms with Gasteiger partial charge in [-0.25, -0.2) is 0 Å². The molecule has 0 spiro atoms. The summed E-state index contributed by atoms with van der Waals surface area (Å²) in [6.07, 6.45) is 0. The first-order valence-electron chi connectivity index (χ1n) is 6.21. The summed E-state index contributed by atoms with van der Waals surface area (Å²) in [5.74, 6) is -0.738. The van der Waals surface area contributed by atoms with Gasteiger partial charge in [0.1, 0.15) is 0 Å². The standard InChI is InChI=1S/C14H16ClN3O2/c1-7(12-8(2)17-18-9(12)3)14(20)16-11-6-4-5-10(15)13(11)19/h4-7,19H,1-3H3,(H,16,20)(H,17,18)/t7-/m0/s1. The Kier molecular flexibility index (Phi) is 3.99. The van der Waals surface area contributed by atoms with Crippen LogP contribution in [-0.2, 0) is 4.79 Å². The third-order valence-electron chi connectivity index (χ3n) is 3.26. The van der Waals surface area contributed by atoms with E-state index >= 15 is 0 Å². The van der Waals surface area contributed by atoms with Gasteiger partial charge < -0.3 is 10.4 Å². The topological polar surface area (TPSA) is 78.0 Å². The highest BCUT2D eigenvalue weighted by atomic mass is 35.5. The molecule has 0 saturated carbocycles. The second kappa shape index (κ2) is 5.54. The zero-order valence-electron chi connectivity index (χ0n) is 11.5. The van der Waals surface area contributed by atoms with Crippen molar-refractivity contribution < 1.29 is 9.90 Å². The Morgan fingerprint density at radius 1 is 1.45 bits per heavy atom. The number of aromatic amines is 1. The van der Waals surface area contributed by atoms with E-state index in [-0.39, 0.29) is 22.6 Å². The van der Waals surface area contributed by atoms with Crippen molar-refractivity contribution in [1.29, 1.82) is 0 Å². The van der Waals surface area contributed by atoms with Crippen molar-refractivity contribution in [2.45, 2.75) is 26.7 Å². The highest BCUT2D eigenvalue weighted by Crippen LogP contribution is 2.32. The van der Waals surface area contributed by atoms with Crippen LogP contribution in [0.15, 0.2) is 18.2 Å². The summed E-state index contributed by atoms with van der Waals surface area (Å²) >= 11 is 5.81. The second-order valence-electron chi connectivity index (χ2n) is 4.69. The predicted octanol–water partition coefficient (Wildman–Crippen LogP) is 3.13. The molecule has 0 aliphatic carbocycles. The minimum atomic E-state index is -0.382. The molecular formula is C14H16ClN3O2. The van der Waals surface area contributed by atoms with Gasteiger partial charge in [0.2, 0.25) is 5.91 Å². The Morgan fingerprint density at radius 3 is 2.75 bits per heavy atom. The van der Waals surface area contributed by atoms with E-state index in [4.69, 9.17) is 11.6 Å². The van der Waals surface area contributed by atoms with Crippen LogP contribution in [-0.4, -0.2) is 21.2 Å². The van der Waals surface area contributed by atoms with Gasteiger partial charge >= 0.3 is 0 Å². The van der Waals surface area contributed by atoms with Crippen molar-refractivity contribution in [2.75, 3.05) is 5.32 Å². The molecule has 0 unspecified atom stereocenters. The van der Waals surface area contributed by atoms with Crippen LogP contribution in [0.25, 0.3) is 0 Å². The Morgan fingerprint density at radius 2 is 2.15 bits per heavy atom. The Bertz CT molecular complexity index is 632. The number of anilines is 1. The molecule has 0 aliphatic heterocycles. The molecule has 0 bridgehead atoms. The lowest BCUT2D eigenvalue weighted by molar-refractivity contribution is -0.117. The third kappa shape index (κ3) is 2.63. The Labute approximate surface area is 122 Å². The van der Waals surface area contributed by atoms with Gasteiger partial charge in [-0.05, 0) is 32.9 Å². The maximum atomic E-state index is 12.3. The summed E-state index contributed by atoms with van der Waals surface area (Å²) in [5.41, 5.74) is 2.82. The van der Waals surface area contributed by atoms with Gasteiger partial charge in [-0.1, -0.05) is 17.7 Å². The quantitative estimate of drug-likeness (QED) is 0.761. The number of phenols is 1. The monoisotopic (exact) mass is 293 g/mol. The molecule has 1 heterocycles. The number of H-pyrrole nitrogens is 1. The van der Waals surface area contributed by atoms with Gasteiger partial charge in [0, 0.05) is 11.3 Å². The number of hydrogen-bond acceptors (Lipinski definition) is 3. The molecule has 2 rings (SSSR count). The highest BCUT2D eigenvalue weighted by molar-refractivity contribution is 6.32. The van der Waals surface area contributed by atoms with E-state index < -0.39 is 0 Å². The Balaban J connectivity index is 2.22. The van der Waals surface area contributed by atoms with Crippen LogP contribution in [0.4, 0.5) is 5.69 Å².